The number of hydrogen-bond donors (Lipinski definition) is 1. The first-order chi connectivity index (χ1) is 7.63. The highest BCUT2D eigenvalue weighted by Crippen LogP contribution is 2.15. The number of anilines is 1. The average Bonchev–Trinajstić information content (AvgIpc) is 2.26. The third-order valence-corrected chi connectivity index (χ3v) is 2.34. The van der Waals surface area contributed by atoms with Gasteiger partial charge in [0.1, 0.15) is 5.82 Å². The highest BCUT2D eigenvalue weighted by Gasteiger charge is 2.08. The van der Waals surface area contributed by atoms with Gasteiger partial charge in [-0.2, -0.15) is 0 Å². The van der Waals surface area contributed by atoms with E-state index in [9.17, 15) is 10.1 Å². The van der Waals surface area contributed by atoms with Gasteiger partial charge in [-0.1, -0.05) is 19.8 Å². The molecule has 1 unspecified atom stereocenters. The van der Waals surface area contributed by atoms with Gasteiger partial charge in [-0.15, -0.1) is 0 Å². The van der Waals surface area contributed by atoms with Crippen LogP contribution in [0.2, 0.25) is 0 Å². The van der Waals surface area contributed by atoms with Gasteiger partial charge in [0.2, 0.25) is 0 Å². The van der Waals surface area contributed by atoms with Crippen LogP contribution in [0.4, 0.5) is 11.5 Å². The van der Waals surface area contributed by atoms with E-state index in [1.165, 1.54) is 18.3 Å². The van der Waals surface area contributed by atoms with Crippen molar-refractivity contribution in [3.8, 4) is 0 Å². The Kier molecular flexibility index (Phi) is 4.69. The first-order valence-electron chi connectivity index (χ1n) is 5.50. The minimum Gasteiger partial charge on any atom is -0.367 e. The Labute approximate surface area is 95.0 Å². The van der Waals surface area contributed by atoms with Gasteiger partial charge >= 0.3 is 0 Å². The fourth-order valence-electron chi connectivity index (χ4n) is 1.45. The van der Waals surface area contributed by atoms with Crippen LogP contribution in [-0.2, 0) is 0 Å². The number of nitro groups is 1. The summed E-state index contributed by atoms with van der Waals surface area (Å²) in [6.45, 7) is 4.19. The minimum absolute atomic E-state index is 0.0696. The van der Waals surface area contributed by atoms with Crippen LogP contribution in [0.15, 0.2) is 18.3 Å². The van der Waals surface area contributed by atoms with Crippen LogP contribution in [0.1, 0.15) is 33.1 Å². The van der Waals surface area contributed by atoms with Crippen LogP contribution in [0.5, 0.6) is 0 Å². The van der Waals surface area contributed by atoms with E-state index < -0.39 is 4.92 Å². The molecule has 1 atom stereocenters. The van der Waals surface area contributed by atoms with Gasteiger partial charge in [-0.05, 0) is 13.3 Å². The molecule has 0 saturated heterocycles. The second-order valence-corrected chi connectivity index (χ2v) is 3.84. The van der Waals surface area contributed by atoms with Crippen molar-refractivity contribution < 1.29 is 4.92 Å². The molecule has 5 heteroatoms. The zero-order chi connectivity index (χ0) is 12.0. The molecule has 0 fully saturated rings. The van der Waals surface area contributed by atoms with Crippen LogP contribution >= 0.6 is 0 Å². The van der Waals surface area contributed by atoms with E-state index in [4.69, 9.17) is 0 Å². The van der Waals surface area contributed by atoms with Gasteiger partial charge < -0.3 is 5.32 Å². The topological polar surface area (TPSA) is 68.1 Å². The Hall–Kier alpha value is -1.65. The van der Waals surface area contributed by atoms with Crippen molar-refractivity contribution in [3.63, 3.8) is 0 Å². The normalized spacial score (nSPS) is 12.1. The van der Waals surface area contributed by atoms with Crippen molar-refractivity contribution >= 4 is 11.5 Å². The lowest BCUT2D eigenvalue weighted by Crippen LogP contribution is -2.15. The van der Waals surface area contributed by atoms with E-state index in [0.29, 0.717) is 5.82 Å². The van der Waals surface area contributed by atoms with Crippen molar-refractivity contribution in [2.24, 2.45) is 0 Å². The average molecular weight is 223 g/mol. The maximum absolute atomic E-state index is 10.6. The summed E-state index contributed by atoms with van der Waals surface area (Å²) >= 11 is 0. The molecule has 1 aromatic rings. The molecule has 88 valence electrons. The van der Waals surface area contributed by atoms with E-state index in [1.54, 1.807) is 0 Å². The van der Waals surface area contributed by atoms with Crippen molar-refractivity contribution in [1.29, 1.82) is 0 Å². The number of pyridine rings is 1. The van der Waals surface area contributed by atoms with Gasteiger partial charge in [0.25, 0.3) is 5.69 Å². The number of aromatic nitrogens is 1. The predicted molar refractivity (Wildman–Crippen MR) is 63.5 cm³/mol. The lowest BCUT2D eigenvalue weighted by Gasteiger charge is -2.13. The summed E-state index contributed by atoms with van der Waals surface area (Å²) in [5, 5.41) is 13.7. The molecule has 0 spiro atoms. The van der Waals surface area contributed by atoms with Gasteiger partial charge in [-0.25, -0.2) is 4.98 Å². The van der Waals surface area contributed by atoms with Gasteiger partial charge in [0.05, 0.1) is 11.0 Å². The molecule has 0 saturated carbocycles. The zero-order valence-corrected chi connectivity index (χ0v) is 9.64. The summed E-state index contributed by atoms with van der Waals surface area (Å²) in [5.74, 6) is 0.567. The predicted octanol–water partition coefficient (Wildman–Crippen LogP) is 2.98. The van der Waals surface area contributed by atoms with Gasteiger partial charge in [0.15, 0.2) is 0 Å². The van der Waals surface area contributed by atoms with Crippen LogP contribution in [0.25, 0.3) is 0 Å². The van der Waals surface area contributed by atoms with E-state index in [2.05, 4.69) is 24.1 Å². The molecule has 1 rings (SSSR count). The van der Waals surface area contributed by atoms with E-state index in [0.717, 1.165) is 19.3 Å². The Morgan fingerprint density at radius 3 is 3.00 bits per heavy atom. The molecule has 0 aliphatic rings. The van der Waals surface area contributed by atoms with Crippen LogP contribution in [0.3, 0.4) is 0 Å². The molecule has 1 heterocycles. The fourth-order valence-corrected chi connectivity index (χ4v) is 1.45. The highest BCUT2D eigenvalue weighted by atomic mass is 16.6. The molecular formula is C11H17N3O2. The third kappa shape index (κ3) is 3.84. The van der Waals surface area contributed by atoms with Crippen molar-refractivity contribution in [1.82, 2.24) is 4.98 Å². The number of nitrogens with zero attached hydrogens (tertiary/aromatic N) is 2. The third-order valence-electron chi connectivity index (χ3n) is 2.34. The molecule has 1 aromatic heterocycles. The molecule has 0 radical (unpaired) electrons. The maximum Gasteiger partial charge on any atom is 0.274 e. The summed E-state index contributed by atoms with van der Waals surface area (Å²) < 4.78 is 0. The maximum atomic E-state index is 10.6. The Balaban J connectivity index is 2.59. The van der Waals surface area contributed by atoms with E-state index >= 15 is 0 Å². The lowest BCUT2D eigenvalue weighted by atomic mass is 10.1. The SMILES string of the molecule is CCCCC(C)Nc1cc([N+](=O)[O-])ccn1. The first kappa shape index (κ1) is 12.4. The number of hydrogen-bond acceptors (Lipinski definition) is 4. The van der Waals surface area contributed by atoms with Gasteiger partial charge in [0, 0.05) is 18.3 Å². The summed E-state index contributed by atoms with van der Waals surface area (Å²) in [7, 11) is 0. The Morgan fingerprint density at radius 1 is 1.62 bits per heavy atom. The summed E-state index contributed by atoms with van der Waals surface area (Å²) in [6.07, 6.45) is 4.78. The standard InChI is InChI=1S/C11H17N3O2/c1-3-4-5-9(2)13-11-8-10(14(15)16)6-7-12-11/h6-9H,3-5H2,1-2H3,(H,12,13). The summed E-state index contributed by atoms with van der Waals surface area (Å²) in [5.41, 5.74) is 0.0696. The van der Waals surface area contributed by atoms with Crippen molar-refractivity contribution in [2.75, 3.05) is 5.32 Å². The quantitative estimate of drug-likeness (QED) is 0.594. The highest BCUT2D eigenvalue weighted by molar-refractivity contribution is 5.44. The molecule has 0 aliphatic carbocycles. The molecule has 0 amide bonds. The molecule has 0 aromatic carbocycles. The molecule has 0 bridgehead atoms. The molecule has 5 nitrogen and oxygen atoms in total. The second kappa shape index (κ2) is 6.05. The van der Waals surface area contributed by atoms with E-state index in [1.807, 2.05) is 0 Å². The first-order valence-corrected chi connectivity index (χ1v) is 5.50. The van der Waals surface area contributed by atoms with E-state index in [-0.39, 0.29) is 11.7 Å². The largest absolute Gasteiger partial charge is 0.367 e. The second-order valence-electron chi connectivity index (χ2n) is 3.84. The van der Waals surface area contributed by atoms with Crippen LogP contribution in [-0.4, -0.2) is 15.9 Å². The molecule has 0 aliphatic heterocycles. The van der Waals surface area contributed by atoms with Crippen LogP contribution in [0, 0.1) is 10.1 Å². The lowest BCUT2D eigenvalue weighted by molar-refractivity contribution is -0.384. The van der Waals surface area contributed by atoms with Crippen LogP contribution < -0.4 is 5.32 Å². The molecular weight excluding hydrogens is 206 g/mol. The summed E-state index contributed by atoms with van der Waals surface area (Å²) in [6, 6.07) is 3.14. The monoisotopic (exact) mass is 223 g/mol. The smallest absolute Gasteiger partial charge is 0.274 e. The molecule has 1 N–H and O–H groups in total. The fraction of sp³-hybridized carbons (Fsp3) is 0.545. The zero-order valence-electron chi connectivity index (χ0n) is 9.64. The Bertz CT molecular complexity index is 355. The number of rotatable bonds is 6. The molecule has 16 heavy (non-hydrogen) atoms. The number of unbranched alkanes of at least 4 members (excludes halogenated alkanes) is 1. The van der Waals surface area contributed by atoms with Crippen molar-refractivity contribution in [2.45, 2.75) is 39.2 Å². The number of nitrogens with one attached hydrogen (secondary N) is 1. The Morgan fingerprint density at radius 2 is 2.38 bits per heavy atom. The van der Waals surface area contributed by atoms with Crippen molar-refractivity contribution in [3.05, 3.63) is 28.4 Å². The van der Waals surface area contributed by atoms with Gasteiger partial charge in [-0.3, -0.25) is 10.1 Å². The minimum atomic E-state index is -0.413. The summed E-state index contributed by atoms with van der Waals surface area (Å²) in [4.78, 5) is 14.2.